The summed E-state index contributed by atoms with van der Waals surface area (Å²) in [5.41, 5.74) is 5.12. The lowest BCUT2D eigenvalue weighted by atomic mass is 10.2. The summed E-state index contributed by atoms with van der Waals surface area (Å²) in [6, 6.07) is 1.91. The monoisotopic (exact) mass is 242 g/mol. The first kappa shape index (κ1) is 11.6. The SMILES string of the molecule is NCCc1nc(-c2ccc(F)c(F)c2F)n[nH]1. The van der Waals surface area contributed by atoms with Crippen LogP contribution < -0.4 is 5.73 Å². The fourth-order valence-corrected chi connectivity index (χ4v) is 1.36. The first-order chi connectivity index (χ1) is 8.13. The Hall–Kier alpha value is -1.89. The molecule has 0 aliphatic heterocycles. The van der Waals surface area contributed by atoms with Crippen LogP contribution in [0.4, 0.5) is 13.2 Å². The van der Waals surface area contributed by atoms with Gasteiger partial charge in [0.1, 0.15) is 5.82 Å². The van der Waals surface area contributed by atoms with Crippen molar-refractivity contribution in [3.05, 3.63) is 35.4 Å². The van der Waals surface area contributed by atoms with Crippen LogP contribution in [0, 0.1) is 17.5 Å². The van der Waals surface area contributed by atoms with Crippen molar-refractivity contribution in [1.82, 2.24) is 15.2 Å². The van der Waals surface area contributed by atoms with Gasteiger partial charge in [0, 0.05) is 6.42 Å². The van der Waals surface area contributed by atoms with Crippen LogP contribution in [0.25, 0.3) is 11.4 Å². The van der Waals surface area contributed by atoms with Gasteiger partial charge in [0.25, 0.3) is 0 Å². The molecule has 2 aromatic rings. The predicted octanol–water partition coefficient (Wildman–Crippen LogP) is 1.39. The fraction of sp³-hybridized carbons (Fsp3) is 0.200. The molecule has 7 heteroatoms. The van der Waals surface area contributed by atoms with Crippen LogP contribution in [0.3, 0.4) is 0 Å². The first-order valence-electron chi connectivity index (χ1n) is 4.88. The highest BCUT2D eigenvalue weighted by atomic mass is 19.2. The van der Waals surface area contributed by atoms with Crippen molar-refractivity contribution >= 4 is 0 Å². The highest BCUT2D eigenvalue weighted by molar-refractivity contribution is 5.55. The molecule has 3 N–H and O–H groups in total. The lowest BCUT2D eigenvalue weighted by Gasteiger charge is -1.99. The average Bonchev–Trinajstić information content (AvgIpc) is 2.75. The normalized spacial score (nSPS) is 10.8. The second kappa shape index (κ2) is 4.54. The highest BCUT2D eigenvalue weighted by Gasteiger charge is 2.17. The number of benzene rings is 1. The van der Waals surface area contributed by atoms with E-state index in [0.29, 0.717) is 18.8 Å². The predicted molar refractivity (Wildman–Crippen MR) is 54.5 cm³/mol. The van der Waals surface area contributed by atoms with Crippen LogP contribution in [0.2, 0.25) is 0 Å². The summed E-state index contributed by atoms with van der Waals surface area (Å²) in [5.74, 6) is -3.64. The molecule has 0 saturated carbocycles. The van der Waals surface area contributed by atoms with Gasteiger partial charge in [0.2, 0.25) is 0 Å². The summed E-state index contributed by atoms with van der Waals surface area (Å²) in [6.07, 6.45) is 0.443. The molecule has 0 unspecified atom stereocenters. The van der Waals surface area contributed by atoms with Crippen LogP contribution >= 0.6 is 0 Å². The van der Waals surface area contributed by atoms with Crippen molar-refractivity contribution in [1.29, 1.82) is 0 Å². The summed E-state index contributed by atoms with van der Waals surface area (Å²) < 4.78 is 39.1. The number of rotatable bonds is 3. The second-order valence-electron chi connectivity index (χ2n) is 3.37. The van der Waals surface area contributed by atoms with E-state index < -0.39 is 17.5 Å². The lowest BCUT2D eigenvalue weighted by molar-refractivity contribution is 0.448. The van der Waals surface area contributed by atoms with E-state index in [1.54, 1.807) is 0 Å². The third-order valence-corrected chi connectivity index (χ3v) is 2.19. The van der Waals surface area contributed by atoms with Gasteiger partial charge in [0.05, 0.1) is 5.56 Å². The molecule has 1 aromatic heterocycles. The van der Waals surface area contributed by atoms with Gasteiger partial charge in [0.15, 0.2) is 23.3 Å². The van der Waals surface area contributed by atoms with E-state index in [1.807, 2.05) is 0 Å². The second-order valence-corrected chi connectivity index (χ2v) is 3.37. The van der Waals surface area contributed by atoms with E-state index in [2.05, 4.69) is 15.2 Å². The number of hydrogen-bond acceptors (Lipinski definition) is 3. The van der Waals surface area contributed by atoms with Crippen LogP contribution in [0.15, 0.2) is 12.1 Å². The maximum Gasteiger partial charge on any atom is 0.195 e. The molecule has 0 aliphatic rings. The molecule has 2 rings (SSSR count). The van der Waals surface area contributed by atoms with Gasteiger partial charge in [-0.15, -0.1) is 0 Å². The molecule has 1 heterocycles. The lowest BCUT2D eigenvalue weighted by Crippen LogP contribution is -2.04. The standard InChI is InChI=1S/C10H9F3N4/c11-6-2-1-5(8(12)9(6)13)10-15-7(3-4-14)16-17-10/h1-2H,3-4,14H2,(H,15,16,17). The number of nitrogens with two attached hydrogens (primary N) is 1. The molecule has 0 saturated heterocycles. The molecular formula is C10H9F3N4. The molecule has 0 radical (unpaired) electrons. The van der Waals surface area contributed by atoms with Gasteiger partial charge >= 0.3 is 0 Å². The van der Waals surface area contributed by atoms with E-state index in [4.69, 9.17) is 5.73 Å². The van der Waals surface area contributed by atoms with Crippen LogP contribution in [0.5, 0.6) is 0 Å². The van der Waals surface area contributed by atoms with Crippen LogP contribution in [-0.4, -0.2) is 21.7 Å². The molecule has 0 aliphatic carbocycles. The summed E-state index contributed by atoms with van der Waals surface area (Å²) in [7, 11) is 0. The number of nitrogens with one attached hydrogen (secondary N) is 1. The molecule has 90 valence electrons. The summed E-state index contributed by atoms with van der Waals surface area (Å²) in [5, 5.41) is 6.26. The van der Waals surface area contributed by atoms with Gasteiger partial charge in [-0.05, 0) is 18.7 Å². The van der Waals surface area contributed by atoms with Crippen LogP contribution in [0.1, 0.15) is 5.82 Å². The quantitative estimate of drug-likeness (QED) is 0.799. The molecular weight excluding hydrogens is 233 g/mol. The maximum absolute atomic E-state index is 13.4. The number of aromatic nitrogens is 3. The minimum atomic E-state index is -1.53. The van der Waals surface area contributed by atoms with E-state index >= 15 is 0 Å². The number of hydrogen-bond donors (Lipinski definition) is 2. The minimum Gasteiger partial charge on any atom is -0.330 e. The van der Waals surface area contributed by atoms with Gasteiger partial charge in [-0.25, -0.2) is 18.2 Å². The van der Waals surface area contributed by atoms with Crippen molar-refractivity contribution in [2.24, 2.45) is 5.73 Å². The van der Waals surface area contributed by atoms with Gasteiger partial charge in [-0.2, -0.15) is 5.10 Å². The van der Waals surface area contributed by atoms with Crippen LogP contribution in [-0.2, 0) is 6.42 Å². The average molecular weight is 242 g/mol. The molecule has 1 aromatic carbocycles. The zero-order chi connectivity index (χ0) is 12.4. The van der Waals surface area contributed by atoms with Gasteiger partial charge < -0.3 is 5.73 Å². The molecule has 0 spiro atoms. The Kier molecular flexibility index (Phi) is 3.10. The Morgan fingerprint density at radius 3 is 2.65 bits per heavy atom. The number of nitrogens with zero attached hydrogens (tertiary/aromatic N) is 2. The third-order valence-electron chi connectivity index (χ3n) is 2.19. The molecule has 0 amide bonds. The topological polar surface area (TPSA) is 67.6 Å². The number of halogens is 3. The molecule has 4 nitrogen and oxygen atoms in total. The third kappa shape index (κ3) is 2.14. The van der Waals surface area contributed by atoms with E-state index in [0.717, 1.165) is 12.1 Å². The van der Waals surface area contributed by atoms with Gasteiger partial charge in [-0.1, -0.05) is 0 Å². The summed E-state index contributed by atoms with van der Waals surface area (Å²) >= 11 is 0. The Bertz CT molecular complexity index is 538. The van der Waals surface area contributed by atoms with Crippen molar-refractivity contribution in [3.8, 4) is 11.4 Å². The zero-order valence-corrected chi connectivity index (χ0v) is 8.67. The molecule has 0 atom stereocenters. The highest BCUT2D eigenvalue weighted by Crippen LogP contribution is 2.22. The minimum absolute atomic E-state index is 0.0233. The largest absolute Gasteiger partial charge is 0.330 e. The Morgan fingerprint density at radius 1 is 1.18 bits per heavy atom. The first-order valence-corrected chi connectivity index (χ1v) is 4.88. The molecule has 0 fully saturated rings. The Labute approximate surface area is 94.7 Å². The Morgan fingerprint density at radius 2 is 1.94 bits per heavy atom. The van der Waals surface area contributed by atoms with Crippen molar-refractivity contribution in [2.75, 3.05) is 6.54 Å². The van der Waals surface area contributed by atoms with Gasteiger partial charge in [-0.3, -0.25) is 5.10 Å². The summed E-state index contributed by atoms with van der Waals surface area (Å²) in [6.45, 7) is 0.356. The van der Waals surface area contributed by atoms with E-state index in [1.165, 1.54) is 0 Å². The fourth-order valence-electron chi connectivity index (χ4n) is 1.36. The molecule has 17 heavy (non-hydrogen) atoms. The smallest absolute Gasteiger partial charge is 0.195 e. The van der Waals surface area contributed by atoms with Crippen molar-refractivity contribution in [2.45, 2.75) is 6.42 Å². The van der Waals surface area contributed by atoms with Crippen molar-refractivity contribution < 1.29 is 13.2 Å². The maximum atomic E-state index is 13.4. The van der Waals surface area contributed by atoms with E-state index in [-0.39, 0.29) is 11.4 Å². The summed E-state index contributed by atoms with van der Waals surface area (Å²) in [4.78, 5) is 3.93. The van der Waals surface area contributed by atoms with Crippen molar-refractivity contribution in [3.63, 3.8) is 0 Å². The molecule has 0 bridgehead atoms. The number of aromatic amines is 1. The Balaban J connectivity index is 2.42. The number of H-pyrrole nitrogens is 1. The zero-order valence-electron chi connectivity index (χ0n) is 8.67. The van der Waals surface area contributed by atoms with E-state index in [9.17, 15) is 13.2 Å².